The summed E-state index contributed by atoms with van der Waals surface area (Å²) < 4.78 is 5.52. The van der Waals surface area contributed by atoms with E-state index in [1.54, 1.807) is 13.3 Å². The Hall–Kier alpha value is -2.99. The number of rotatable bonds is 3. The highest BCUT2D eigenvalue weighted by molar-refractivity contribution is 7.19. The average Bonchev–Trinajstić information content (AvgIpc) is 2.98. The Kier molecular flexibility index (Phi) is 4.05. The molecule has 5 nitrogen and oxygen atoms in total. The quantitative estimate of drug-likeness (QED) is 0.588. The Bertz CT molecular complexity index is 1160. The number of fused-ring (bicyclic) bond motifs is 1. The van der Waals surface area contributed by atoms with Crippen LogP contribution in [0.3, 0.4) is 0 Å². The van der Waals surface area contributed by atoms with E-state index in [0.29, 0.717) is 21.7 Å². The summed E-state index contributed by atoms with van der Waals surface area (Å²) in [4.78, 5) is 26.4. The van der Waals surface area contributed by atoms with Crippen molar-refractivity contribution >= 4 is 21.6 Å². The van der Waals surface area contributed by atoms with Gasteiger partial charge in [0.05, 0.1) is 12.5 Å². The SMILES string of the molecule is COc1ccc(C)cc1-c1c(C)sc2nc(-c3ccccn3)[nH]c(=O)c12. The molecule has 3 aromatic heterocycles. The number of aromatic amines is 1. The number of ether oxygens (including phenoxy) is 1. The van der Waals surface area contributed by atoms with Crippen molar-refractivity contribution in [2.75, 3.05) is 7.11 Å². The molecule has 0 saturated carbocycles. The fourth-order valence-corrected chi connectivity index (χ4v) is 4.12. The molecule has 0 unspecified atom stereocenters. The molecule has 0 amide bonds. The van der Waals surface area contributed by atoms with E-state index in [1.165, 1.54) is 11.3 Å². The lowest BCUT2D eigenvalue weighted by Crippen LogP contribution is -2.09. The van der Waals surface area contributed by atoms with E-state index < -0.39 is 0 Å². The zero-order chi connectivity index (χ0) is 18.3. The maximum atomic E-state index is 12.9. The molecule has 0 radical (unpaired) electrons. The molecule has 0 aliphatic rings. The normalized spacial score (nSPS) is 11.0. The van der Waals surface area contributed by atoms with Gasteiger partial charge in [0.15, 0.2) is 5.82 Å². The van der Waals surface area contributed by atoms with E-state index in [1.807, 2.05) is 50.2 Å². The second kappa shape index (κ2) is 6.38. The number of methoxy groups -OCH3 is 1. The van der Waals surface area contributed by atoms with E-state index >= 15 is 0 Å². The number of H-pyrrole nitrogens is 1. The predicted molar refractivity (Wildman–Crippen MR) is 105 cm³/mol. The second-order valence-corrected chi connectivity index (χ2v) is 7.25. The summed E-state index contributed by atoms with van der Waals surface area (Å²) in [5.41, 5.74) is 3.38. The van der Waals surface area contributed by atoms with Gasteiger partial charge in [-0.25, -0.2) is 4.98 Å². The van der Waals surface area contributed by atoms with Crippen molar-refractivity contribution < 1.29 is 4.74 Å². The Morgan fingerprint density at radius 3 is 2.73 bits per heavy atom. The lowest BCUT2D eigenvalue weighted by molar-refractivity contribution is 0.416. The second-order valence-electron chi connectivity index (χ2n) is 6.05. The van der Waals surface area contributed by atoms with Crippen LogP contribution in [-0.4, -0.2) is 22.1 Å². The molecule has 0 aliphatic heterocycles. The zero-order valence-corrected chi connectivity index (χ0v) is 15.5. The average molecular weight is 363 g/mol. The van der Waals surface area contributed by atoms with Gasteiger partial charge in [0.1, 0.15) is 16.3 Å². The number of nitrogens with one attached hydrogen (secondary N) is 1. The van der Waals surface area contributed by atoms with E-state index in [0.717, 1.165) is 27.3 Å². The van der Waals surface area contributed by atoms with Gasteiger partial charge in [-0.1, -0.05) is 17.7 Å². The molecule has 0 fully saturated rings. The van der Waals surface area contributed by atoms with Crippen molar-refractivity contribution in [3.63, 3.8) is 0 Å². The standard InChI is InChI=1S/C20H17N3O2S/c1-11-7-8-15(25-3)13(10-11)16-12(2)26-20-17(16)19(24)22-18(23-20)14-6-4-5-9-21-14/h4-10H,1-3H3,(H,22,23,24). The summed E-state index contributed by atoms with van der Waals surface area (Å²) in [6, 6.07) is 11.5. The van der Waals surface area contributed by atoms with Gasteiger partial charge in [-0.15, -0.1) is 11.3 Å². The number of hydrogen-bond donors (Lipinski definition) is 1. The summed E-state index contributed by atoms with van der Waals surface area (Å²) >= 11 is 1.51. The monoisotopic (exact) mass is 363 g/mol. The van der Waals surface area contributed by atoms with Crippen molar-refractivity contribution in [2.45, 2.75) is 13.8 Å². The number of nitrogens with zero attached hydrogens (tertiary/aromatic N) is 2. The molecule has 1 aromatic carbocycles. The van der Waals surface area contributed by atoms with Gasteiger partial charge in [-0.3, -0.25) is 9.78 Å². The Balaban J connectivity index is 2.00. The van der Waals surface area contributed by atoms with Gasteiger partial charge < -0.3 is 9.72 Å². The fraction of sp³-hybridized carbons (Fsp3) is 0.150. The molecule has 130 valence electrons. The third-order valence-electron chi connectivity index (χ3n) is 4.27. The van der Waals surface area contributed by atoms with Crippen LogP contribution in [0.2, 0.25) is 0 Å². The molecule has 26 heavy (non-hydrogen) atoms. The largest absolute Gasteiger partial charge is 0.496 e. The van der Waals surface area contributed by atoms with E-state index in [2.05, 4.69) is 15.0 Å². The number of thiophene rings is 1. The molecule has 0 atom stereocenters. The Morgan fingerprint density at radius 2 is 2.00 bits per heavy atom. The van der Waals surface area contributed by atoms with Crippen LogP contribution in [0.4, 0.5) is 0 Å². The van der Waals surface area contributed by atoms with Crippen LogP contribution >= 0.6 is 11.3 Å². The molecule has 0 saturated heterocycles. The minimum atomic E-state index is -0.168. The minimum Gasteiger partial charge on any atom is -0.496 e. The molecule has 0 spiro atoms. The molecule has 0 aliphatic carbocycles. The number of benzene rings is 1. The third-order valence-corrected chi connectivity index (χ3v) is 5.27. The predicted octanol–water partition coefficient (Wildman–Crippen LogP) is 4.34. The molecular formula is C20H17N3O2S. The van der Waals surface area contributed by atoms with E-state index in [4.69, 9.17) is 4.74 Å². The summed E-state index contributed by atoms with van der Waals surface area (Å²) in [7, 11) is 1.64. The number of aryl methyl sites for hydroxylation is 2. The van der Waals surface area contributed by atoms with Crippen LogP contribution < -0.4 is 10.3 Å². The van der Waals surface area contributed by atoms with Gasteiger partial charge >= 0.3 is 0 Å². The summed E-state index contributed by atoms with van der Waals surface area (Å²) in [6.07, 6.45) is 1.68. The maximum absolute atomic E-state index is 12.9. The number of pyridine rings is 1. The van der Waals surface area contributed by atoms with Crippen molar-refractivity contribution in [2.24, 2.45) is 0 Å². The van der Waals surface area contributed by atoms with Gasteiger partial charge in [-0.2, -0.15) is 0 Å². The molecular weight excluding hydrogens is 346 g/mol. The van der Waals surface area contributed by atoms with Crippen LogP contribution in [0.1, 0.15) is 10.4 Å². The number of aromatic nitrogens is 3. The van der Waals surface area contributed by atoms with Crippen LogP contribution in [0.25, 0.3) is 32.9 Å². The zero-order valence-electron chi connectivity index (χ0n) is 14.7. The van der Waals surface area contributed by atoms with Crippen molar-refractivity contribution in [3.05, 3.63) is 63.4 Å². The van der Waals surface area contributed by atoms with Crippen molar-refractivity contribution in [1.82, 2.24) is 15.0 Å². The summed E-state index contributed by atoms with van der Waals surface area (Å²) in [5.74, 6) is 1.22. The first-order chi connectivity index (χ1) is 12.6. The highest BCUT2D eigenvalue weighted by Gasteiger charge is 2.20. The summed E-state index contributed by atoms with van der Waals surface area (Å²) in [6.45, 7) is 4.03. The van der Waals surface area contributed by atoms with Gasteiger partial charge in [-0.05, 0) is 38.1 Å². The van der Waals surface area contributed by atoms with Crippen molar-refractivity contribution in [3.8, 4) is 28.4 Å². The van der Waals surface area contributed by atoms with Crippen molar-refractivity contribution in [1.29, 1.82) is 0 Å². The molecule has 3 heterocycles. The van der Waals surface area contributed by atoms with Gasteiger partial charge in [0.25, 0.3) is 5.56 Å². The maximum Gasteiger partial charge on any atom is 0.260 e. The third kappa shape index (κ3) is 2.68. The Labute approximate surface area is 154 Å². The van der Waals surface area contributed by atoms with E-state index in [-0.39, 0.29) is 5.56 Å². The molecule has 6 heteroatoms. The molecule has 4 aromatic rings. The highest BCUT2D eigenvalue weighted by Crippen LogP contribution is 2.40. The number of hydrogen-bond acceptors (Lipinski definition) is 5. The minimum absolute atomic E-state index is 0.168. The van der Waals surface area contributed by atoms with Gasteiger partial charge in [0, 0.05) is 22.2 Å². The van der Waals surface area contributed by atoms with Crippen LogP contribution in [0.15, 0.2) is 47.4 Å². The van der Waals surface area contributed by atoms with Gasteiger partial charge in [0.2, 0.25) is 0 Å². The fourth-order valence-electron chi connectivity index (χ4n) is 3.08. The van der Waals surface area contributed by atoms with Crippen LogP contribution in [0, 0.1) is 13.8 Å². The van der Waals surface area contributed by atoms with Crippen LogP contribution in [-0.2, 0) is 0 Å². The lowest BCUT2D eigenvalue weighted by atomic mass is 10.0. The lowest BCUT2D eigenvalue weighted by Gasteiger charge is -2.10. The summed E-state index contributed by atoms with van der Waals surface area (Å²) in [5, 5.41) is 0.594. The topological polar surface area (TPSA) is 67.9 Å². The molecule has 0 bridgehead atoms. The van der Waals surface area contributed by atoms with E-state index in [9.17, 15) is 4.79 Å². The molecule has 1 N–H and O–H groups in total. The first-order valence-electron chi connectivity index (χ1n) is 8.18. The first-order valence-corrected chi connectivity index (χ1v) is 9.00. The Morgan fingerprint density at radius 1 is 1.15 bits per heavy atom. The molecule has 4 rings (SSSR count). The first kappa shape index (κ1) is 16.5. The van der Waals surface area contributed by atoms with Crippen LogP contribution in [0.5, 0.6) is 5.75 Å². The highest BCUT2D eigenvalue weighted by atomic mass is 32.1. The smallest absolute Gasteiger partial charge is 0.260 e.